The van der Waals surface area contributed by atoms with Gasteiger partial charge < -0.3 is 24.4 Å². The average Bonchev–Trinajstić information content (AvgIpc) is 2.97. The van der Waals surface area contributed by atoms with E-state index in [9.17, 15) is 32.4 Å². The number of carbonyl (C=O) groups excluding carboxylic acids is 5. The summed E-state index contributed by atoms with van der Waals surface area (Å²) in [6.07, 6.45) is 0. The number of thioether (sulfide) groups is 1. The Labute approximate surface area is 252 Å². The molecule has 0 aliphatic carbocycles. The fourth-order valence-electron chi connectivity index (χ4n) is 3.75. The molecule has 0 bridgehead atoms. The zero-order chi connectivity index (χ0) is 31.9. The van der Waals surface area contributed by atoms with Crippen molar-refractivity contribution in [1.29, 1.82) is 0 Å². The Hall–Kier alpha value is -3.80. The van der Waals surface area contributed by atoms with Crippen LogP contribution >= 0.6 is 11.8 Å². The number of carbonyl (C=O) groups is 5. The number of methoxy groups -OCH3 is 1. The van der Waals surface area contributed by atoms with Crippen molar-refractivity contribution in [3.05, 3.63) is 41.6 Å². The first-order valence-electron chi connectivity index (χ1n) is 12.6. The van der Waals surface area contributed by atoms with E-state index in [1.165, 1.54) is 43.1 Å². The molecule has 43 heavy (non-hydrogen) atoms. The van der Waals surface area contributed by atoms with Crippen molar-refractivity contribution in [3.63, 3.8) is 0 Å². The largest absolute Gasteiger partial charge is 0.427 e. The summed E-state index contributed by atoms with van der Waals surface area (Å²) < 4.78 is 44.7. The van der Waals surface area contributed by atoms with E-state index in [1.807, 2.05) is 0 Å². The highest BCUT2D eigenvalue weighted by Crippen LogP contribution is 2.40. The molecule has 2 atom stereocenters. The van der Waals surface area contributed by atoms with Crippen LogP contribution in [0.5, 0.6) is 0 Å². The lowest BCUT2D eigenvalue weighted by atomic mass is 9.98. The molecule has 234 valence electrons. The second-order valence-corrected chi connectivity index (χ2v) is 12.8. The maximum absolute atomic E-state index is 13.1. The highest BCUT2D eigenvalue weighted by molar-refractivity contribution is 8.00. The first-order valence-corrected chi connectivity index (χ1v) is 15.1. The van der Waals surface area contributed by atoms with Gasteiger partial charge in [-0.1, -0.05) is 23.4 Å². The smallest absolute Gasteiger partial charge is 0.358 e. The van der Waals surface area contributed by atoms with Gasteiger partial charge in [0.15, 0.2) is 0 Å². The molecule has 1 saturated heterocycles. The summed E-state index contributed by atoms with van der Waals surface area (Å²) in [6, 6.07) is 5.86. The Balaban J connectivity index is 1.68. The molecule has 3 rings (SSSR count). The number of hydrogen-bond donors (Lipinski definition) is 1. The highest BCUT2D eigenvalue weighted by Gasteiger charge is 2.55. The van der Waals surface area contributed by atoms with Gasteiger partial charge in [-0.25, -0.2) is 4.79 Å². The van der Waals surface area contributed by atoms with Crippen LogP contribution in [-0.2, 0) is 57.3 Å². The number of ketones is 1. The van der Waals surface area contributed by atoms with E-state index in [4.69, 9.17) is 18.4 Å². The number of rotatable bonds is 13. The van der Waals surface area contributed by atoms with Gasteiger partial charge in [0, 0.05) is 12.9 Å². The third kappa shape index (κ3) is 7.98. The third-order valence-corrected chi connectivity index (χ3v) is 8.49. The van der Waals surface area contributed by atoms with Crippen LogP contribution in [0, 0.1) is 5.41 Å². The second kappa shape index (κ2) is 14.1. The monoisotopic (exact) mass is 641 g/mol. The molecule has 0 spiro atoms. The highest BCUT2D eigenvalue weighted by atomic mass is 32.2. The maximum Gasteiger partial charge on any atom is 0.358 e. The average molecular weight is 642 g/mol. The number of nitrogens with zero attached hydrogens (tertiary/aromatic N) is 2. The minimum Gasteiger partial charge on any atom is -0.427 e. The summed E-state index contributed by atoms with van der Waals surface area (Å²) in [7, 11) is -1.85. The predicted octanol–water partition coefficient (Wildman–Crippen LogP) is 0.354. The number of β-lactam (4-membered cyclic amide) rings is 1. The van der Waals surface area contributed by atoms with Crippen LogP contribution in [0.2, 0.25) is 0 Å². The van der Waals surface area contributed by atoms with Crippen LogP contribution in [0.15, 0.2) is 51.7 Å². The predicted molar refractivity (Wildman–Crippen MR) is 149 cm³/mol. The summed E-state index contributed by atoms with van der Waals surface area (Å²) >= 11 is 1.21. The van der Waals surface area contributed by atoms with Gasteiger partial charge >= 0.3 is 11.9 Å². The minimum atomic E-state index is -4.31. The summed E-state index contributed by atoms with van der Waals surface area (Å²) in [6.45, 7) is 3.14. The van der Waals surface area contributed by atoms with Gasteiger partial charge in [-0.3, -0.25) is 28.3 Å². The lowest BCUT2D eigenvalue weighted by molar-refractivity contribution is -0.173. The standard InChI is InChI=1S/C26H31N3O12S2/c1-26(2,3)25(34)40-14-39-24(33)20-15(11-37-4)13-42-23-19(22(32)29(20)23)27-21(31)18(28-38-5)17(30)12-41-43(35,36)16-9-7-6-8-10-16/h6-10,19,23H,11-14H2,1-5H3,(H,27,31)/t19?,23-/m1/s1. The van der Waals surface area contributed by atoms with Crippen molar-refractivity contribution >= 4 is 57.1 Å². The van der Waals surface area contributed by atoms with Gasteiger partial charge in [-0.2, -0.15) is 8.42 Å². The first-order chi connectivity index (χ1) is 20.2. The molecule has 1 aromatic carbocycles. The molecule has 0 saturated carbocycles. The number of hydrogen-bond acceptors (Lipinski definition) is 14. The van der Waals surface area contributed by atoms with Crippen molar-refractivity contribution in [2.24, 2.45) is 10.6 Å². The normalized spacial score (nSPS) is 18.8. The fourth-order valence-corrected chi connectivity index (χ4v) is 5.97. The lowest BCUT2D eigenvalue weighted by Crippen LogP contribution is -2.71. The van der Waals surface area contributed by atoms with Gasteiger partial charge in [0.1, 0.15) is 30.8 Å². The summed E-state index contributed by atoms with van der Waals surface area (Å²) in [5.74, 6) is -4.27. The van der Waals surface area contributed by atoms with E-state index < -0.39 is 75.6 Å². The van der Waals surface area contributed by atoms with Crippen molar-refractivity contribution in [2.75, 3.05) is 40.0 Å². The molecule has 17 heteroatoms. The van der Waals surface area contributed by atoms with Crippen LogP contribution in [0.3, 0.4) is 0 Å². The maximum atomic E-state index is 13.1. The van der Waals surface area contributed by atoms with E-state index >= 15 is 0 Å². The molecule has 2 amide bonds. The molecule has 2 heterocycles. The van der Waals surface area contributed by atoms with Gasteiger partial charge in [-0.05, 0) is 38.5 Å². The van der Waals surface area contributed by atoms with E-state index in [-0.39, 0.29) is 23.0 Å². The van der Waals surface area contributed by atoms with Crippen LogP contribution < -0.4 is 5.32 Å². The first kappa shape index (κ1) is 33.7. The Morgan fingerprint density at radius 2 is 1.77 bits per heavy atom. The SMILES string of the molecule is COCC1=C(C(=O)OCOC(=O)C(C)(C)C)N2C(=O)C(NC(=O)C(=NOC)C(=O)COS(=O)(=O)c3ccccc3)[C@H]2SC1. The molecule has 0 aromatic heterocycles. The number of nitrogens with one attached hydrogen (secondary N) is 1. The molecule has 0 radical (unpaired) electrons. The molecule has 2 aliphatic rings. The van der Waals surface area contributed by atoms with Crippen LogP contribution in [0.25, 0.3) is 0 Å². The molecule has 1 N–H and O–H groups in total. The van der Waals surface area contributed by atoms with Crippen molar-refractivity contribution in [3.8, 4) is 0 Å². The quantitative estimate of drug-likeness (QED) is 0.0591. The number of Topliss-reactive ketones (excluding diaryl/α,β-unsaturated/α-hetero) is 1. The Bertz CT molecular complexity index is 1430. The molecule has 1 fully saturated rings. The second-order valence-electron chi connectivity index (χ2n) is 10.1. The number of ether oxygens (including phenoxy) is 3. The summed E-state index contributed by atoms with van der Waals surface area (Å²) in [4.78, 5) is 69.2. The van der Waals surface area contributed by atoms with E-state index in [2.05, 4.69) is 15.3 Å². The summed E-state index contributed by atoms with van der Waals surface area (Å²) in [5.41, 5.74) is -1.35. The van der Waals surface area contributed by atoms with Gasteiger partial charge in [0.2, 0.25) is 18.3 Å². The van der Waals surface area contributed by atoms with Crippen molar-refractivity contribution in [1.82, 2.24) is 10.2 Å². The van der Waals surface area contributed by atoms with Crippen LogP contribution in [0.1, 0.15) is 20.8 Å². The zero-order valence-electron chi connectivity index (χ0n) is 24.0. The Kier molecular flexibility index (Phi) is 11.1. The van der Waals surface area contributed by atoms with Crippen LogP contribution in [0.4, 0.5) is 0 Å². The fraction of sp³-hybridized carbons (Fsp3) is 0.462. The van der Waals surface area contributed by atoms with Gasteiger partial charge in [0.05, 0.1) is 16.9 Å². The summed E-state index contributed by atoms with van der Waals surface area (Å²) in [5, 5.41) is 5.00. The number of esters is 2. The van der Waals surface area contributed by atoms with E-state index in [0.717, 1.165) is 12.0 Å². The number of benzene rings is 1. The van der Waals surface area contributed by atoms with Gasteiger partial charge in [0.25, 0.3) is 21.9 Å². The Morgan fingerprint density at radius 1 is 1.09 bits per heavy atom. The molecule has 15 nitrogen and oxygen atoms in total. The molecule has 1 unspecified atom stereocenters. The minimum absolute atomic E-state index is 0.00221. The molecular weight excluding hydrogens is 610 g/mol. The van der Waals surface area contributed by atoms with Gasteiger partial charge in [-0.15, -0.1) is 11.8 Å². The Morgan fingerprint density at radius 3 is 2.37 bits per heavy atom. The zero-order valence-corrected chi connectivity index (χ0v) is 25.6. The van der Waals surface area contributed by atoms with E-state index in [1.54, 1.807) is 26.8 Å². The third-order valence-electron chi connectivity index (χ3n) is 5.88. The molecular formula is C26H31N3O12S2. The number of amides is 2. The lowest BCUT2D eigenvalue weighted by Gasteiger charge is -2.49. The topological polar surface area (TPSA) is 193 Å². The van der Waals surface area contributed by atoms with Crippen molar-refractivity contribution < 1.29 is 55.6 Å². The molecule has 2 aliphatic heterocycles. The number of fused-ring (bicyclic) bond motifs is 1. The van der Waals surface area contributed by atoms with Crippen molar-refractivity contribution in [2.45, 2.75) is 37.1 Å². The number of oxime groups is 1. The molecule has 1 aromatic rings. The van der Waals surface area contributed by atoms with Crippen LogP contribution in [-0.4, -0.2) is 100.0 Å². The van der Waals surface area contributed by atoms with E-state index in [0.29, 0.717) is 5.57 Å².